The average Bonchev–Trinajstić information content (AvgIpc) is 3.09. The molecule has 4 rings (SSSR count). The lowest BCUT2D eigenvalue weighted by Gasteiger charge is -2.40. The molecular weight excluding hydrogens is 346 g/mol. The van der Waals surface area contributed by atoms with Gasteiger partial charge < -0.3 is 29.0 Å². The molecule has 3 aliphatic heterocycles. The van der Waals surface area contributed by atoms with Crippen molar-refractivity contribution < 1.29 is 29.0 Å². The molecule has 3 heterocycles. The summed E-state index contributed by atoms with van der Waals surface area (Å²) < 4.78 is 22.9. The van der Waals surface area contributed by atoms with Crippen LogP contribution in [0, 0.1) is 5.92 Å². The van der Waals surface area contributed by atoms with Crippen molar-refractivity contribution in [3.8, 4) is 17.2 Å². The van der Waals surface area contributed by atoms with Crippen molar-refractivity contribution in [1.82, 2.24) is 0 Å². The van der Waals surface area contributed by atoms with E-state index in [1.807, 2.05) is 0 Å². The van der Waals surface area contributed by atoms with Gasteiger partial charge in [-0.1, -0.05) is 0 Å². The number of aliphatic hydroxyl groups excluding tert-OH is 1. The van der Waals surface area contributed by atoms with Gasteiger partial charge in [-0.2, -0.15) is 0 Å². The molecule has 0 aromatic heterocycles. The van der Waals surface area contributed by atoms with Crippen molar-refractivity contribution in [2.45, 2.75) is 57.3 Å². The highest BCUT2D eigenvalue weighted by Crippen LogP contribution is 2.48. The smallest absolute Gasteiger partial charge is 0.231 e. The summed E-state index contributed by atoms with van der Waals surface area (Å²) in [6, 6.07) is 2.28. The predicted octanol–water partition coefficient (Wildman–Crippen LogP) is 1.49. The summed E-state index contributed by atoms with van der Waals surface area (Å²) in [6.45, 7) is 6.22. The van der Waals surface area contributed by atoms with Crippen LogP contribution in [-0.2, 0) is 11.2 Å². The first kappa shape index (κ1) is 18.8. The Morgan fingerprint density at radius 2 is 2.19 bits per heavy atom. The third-order valence-corrected chi connectivity index (χ3v) is 6.44. The summed E-state index contributed by atoms with van der Waals surface area (Å²) in [6.07, 6.45) is 3.15. The molecule has 0 radical (unpaired) electrons. The second kappa shape index (κ2) is 7.15. The van der Waals surface area contributed by atoms with E-state index in [4.69, 9.17) is 18.9 Å². The van der Waals surface area contributed by atoms with Gasteiger partial charge in [-0.15, -0.1) is 0 Å². The molecule has 3 aliphatic rings. The molecule has 27 heavy (non-hydrogen) atoms. The zero-order chi connectivity index (χ0) is 19.2. The van der Waals surface area contributed by atoms with Crippen LogP contribution >= 0.6 is 0 Å². The topological polar surface area (TPSA) is 61.6 Å². The van der Waals surface area contributed by atoms with Crippen molar-refractivity contribution in [3.05, 3.63) is 17.2 Å². The standard InChI is InChI=1S/C21H31NO5/c1-21(2)11-14(6-8-27-21)16(23)10-15-18-13(5-7-22(15)3)9-17-19(20(18)24-4)26-12-25-17/h9,14-16,23H,5-8,10-12H2,1-4H3/p+1/t14-,15+,16-/m0/s1. The molecule has 0 spiro atoms. The van der Waals surface area contributed by atoms with E-state index in [9.17, 15) is 5.11 Å². The number of rotatable bonds is 4. The second-order valence-electron chi connectivity index (χ2n) is 8.78. The van der Waals surface area contributed by atoms with Gasteiger partial charge in [0.15, 0.2) is 11.5 Å². The molecule has 0 bridgehead atoms. The number of quaternary nitrogens is 1. The van der Waals surface area contributed by atoms with Crippen molar-refractivity contribution in [2.75, 3.05) is 34.1 Å². The number of nitrogens with one attached hydrogen (secondary N) is 1. The van der Waals surface area contributed by atoms with Crippen molar-refractivity contribution >= 4 is 0 Å². The fraction of sp³-hybridized carbons (Fsp3) is 0.714. The minimum absolute atomic E-state index is 0.156. The van der Waals surface area contributed by atoms with E-state index in [2.05, 4.69) is 27.0 Å². The lowest BCUT2D eigenvalue weighted by Crippen LogP contribution is -3.10. The van der Waals surface area contributed by atoms with Gasteiger partial charge in [0.25, 0.3) is 0 Å². The lowest BCUT2D eigenvalue weighted by molar-refractivity contribution is -0.915. The van der Waals surface area contributed by atoms with Gasteiger partial charge in [-0.25, -0.2) is 0 Å². The van der Waals surface area contributed by atoms with Crippen LogP contribution in [0.5, 0.6) is 17.2 Å². The van der Waals surface area contributed by atoms with E-state index >= 15 is 0 Å². The molecular formula is C21H32NO5+. The highest BCUT2D eigenvalue weighted by Gasteiger charge is 2.40. The number of aliphatic hydroxyl groups is 1. The number of ether oxygens (including phenoxy) is 4. The number of hydrogen-bond donors (Lipinski definition) is 2. The first-order chi connectivity index (χ1) is 12.9. The fourth-order valence-electron chi connectivity index (χ4n) is 4.98. The minimum atomic E-state index is -0.353. The van der Waals surface area contributed by atoms with Gasteiger partial charge in [0.1, 0.15) is 6.04 Å². The Labute approximate surface area is 161 Å². The van der Waals surface area contributed by atoms with Crippen molar-refractivity contribution in [3.63, 3.8) is 0 Å². The van der Waals surface area contributed by atoms with Crippen LogP contribution in [0.15, 0.2) is 6.07 Å². The molecule has 2 N–H and O–H groups in total. The van der Waals surface area contributed by atoms with Gasteiger partial charge in [0.05, 0.1) is 38.0 Å². The van der Waals surface area contributed by atoms with Gasteiger partial charge in [-0.3, -0.25) is 0 Å². The van der Waals surface area contributed by atoms with Crippen LogP contribution < -0.4 is 19.1 Å². The molecule has 1 aromatic carbocycles. The van der Waals surface area contributed by atoms with Crippen LogP contribution in [0.3, 0.4) is 0 Å². The van der Waals surface area contributed by atoms with Crippen LogP contribution in [-0.4, -0.2) is 50.9 Å². The molecule has 0 saturated carbocycles. The Kier molecular flexibility index (Phi) is 4.99. The molecule has 0 aliphatic carbocycles. The molecule has 1 aromatic rings. The Hall–Kier alpha value is -1.50. The fourth-order valence-corrected chi connectivity index (χ4v) is 4.98. The lowest BCUT2D eigenvalue weighted by atomic mass is 9.80. The second-order valence-corrected chi connectivity index (χ2v) is 8.78. The predicted molar refractivity (Wildman–Crippen MR) is 101 cm³/mol. The van der Waals surface area contributed by atoms with Gasteiger partial charge in [-0.05, 0) is 44.2 Å². The van der Waals surface area contributed by atoms with E-state index in [1.54, 1.807) is 7.11 Å². The highest BCUT2D eigenvalue weighted by molar-refractivity contribution is 5.61. The monoisotopic (exact) mass is 378 g/mol. The molecule has 1 fully saturated rings. The summed E-state index contributed by atoms with van der Waals surface area (Å²) in [5.41, 5.74) is 2.28. The normalized spacial score (nSPS) is 29.9. The van der Waals surface area contributed by atoms with Crippen molar-refractivity contribution in [1.29, 1.82) is 0 Å². The molecule has 0 amide bonds. The minimum Gasteiger partial charge on any atom is -0.492 e. The zero-order valence-corrected chi connectivity index (χ0v) is 16.8. The van der Waals surface area contributed by atoms with Gasteiger partial charge in [0, 0.05) is 19.4 Å². The molecule has 6 nitrogen and oxygen atoms in total. The zero-order valence-electron chi connectivity index (χ0n) is 16.8. The summed E-state index contributed by atoms with van der Waals surface area (Å²) in [5, 5.41) is 11.1. The van der Waals surface area contributed by atoms with Crippen LogP contribution in [0.4, 0.5) is 0 Å². The van der Waals surface area contributed by atoms with Crippen LogP contribution in [0.25, 0.3) is 0 Å². The van der Waals surface area contributed by atoms with Crippen molar-refractivity contribution in [2.24, 2.45) is 5.92 Å². The average molecular weight is 378 g/mol. The number of hydrogen-bond acceptors (Lipinski definition) is 5. The molecule has 4 atom stereocenters. The first-order valence-electron chi connectivity index (χ1n) is 10.0. The number of fused-ring (bicyclic) bond motifs is 2. The third-order valence-electron chi connectivity index (χ3n) is 6.44. The van der Waals surface area contributed by atoms with E-state index in [1.165, 1.54) is 16.0 Å². The maximum absolute atomic E-state index is 11.1. The largest absolute Gasteiger partial charge is 0.492 e. The van der Waals surface area contributed by atoms with Crippen LogP contribution in [0.1, 0.15) is 50.3 Å². The van der Waals surface area contributed by atoms with E-state index in [0.717, 1.165) is 50.3 Å². The SMILES string of the molecule is COc1c2c(cc3c1[C@@H](C[C@H](O)[C@H]1CCOC(C)(C)C1)[NH+](C)CC3)OCO2. The quantitative estimate of drug-likeness (QED) is 0.831. The Morgan fingerprint density at radius 3 is 2.93 bits per heavy atom. The maximum atomic E-state index is 11.1. The molecule has 1 unspecified atom stereocenters. The number of benzene rings is 1. The Balaban J connectivity index is 1.62. The summed E-state index contributed by atoms with van der Waals surface area (Å²) in [4.78, 5) is 1.41. The molecule has 6 heteroatoms. The Bertz CT molecular complexity index is 704. The van der Waals surface area contributed by atoms with E-state index < -0.39 is 0 Å². The van der Waals surface area contributed by atoms with Gasteiger partial charge >= 0.3 is 0 Å². The summed E-state index contributed by atoms with van der Waals surface area (Å²) in [7, 11) is 3.90. The maximum Gasteiger partial charge on any atom is 0.231 e. The Morgan fingerprint density at radius 1 is 1.37 bits per heavy atom. The third kappa shape index (κ3) is 3.50. The van der Waals surface area contributed by atoms with E-state index in [0.29, 0.717) is 5.75 Å². The van der Waals surface area contributed by atoms with Gasteiger partial charge in [0.2, 0.25) is 12.5 Å². The van der Waals surface area contributed by atoms with E-state index in [-0.39, 0.29) is 30.5 Å². The van der Waals surface area contributed by atoms with Crippen LogP contribution in [0.2, 0.25) is 0 Å². The highest BCUT2D eigenvalue weighted by atomic mass is 16.7. The molecule has 150 valence electrons. The number of likely N-dealkylation sites (N-methyl/N-ethyl adjacent to an activating group) is 1. The molecule has 1 saturated heterocycles. The summed E-state index contributed by atoms with van der Waals surface area (Å²) >= 11 is 0. The first-order valence-corrected chi connectivity index (χ1v) is 10.0. The number of methoxy groups -OCH3 is 1. The summed E-state index contributed by atoms with van der Waals surface area (Å²) in [5.74, 6) is 2.53.